The Balaban J connectivity index is 1.61. The number of rotatable bonds is 6. The van der Waals surface area contributed by atoms with Crippen LogP contribution in [0, 0.1) is 0 Å². The largest absolute Gasteiger partial charge is 0.490 e. The summed E-state index contributed by atoms with van der Waals surface area (Å²) in [4.78, 5) is 46.1. The molecule has 0 bridgehead atoms. The van der Waals surface area contributed by atoms with Crippen LogP contribution in [0.4, 0.5) is 0 Å². The summed E-state index contributed by atoms with van der Waals surface area (Å²) in [6.07, 6.45) is 3.11. The zero-order chi connectivity index (χ0) is 22.9. The molecule has 1 aliphatic heterocycles. The normalized spacial score (nSPS) is 15.9. The molecule has 4 heterocycles. The maximum absolute atomic E-state index is 13.4. The van der Waals surface area contributed by atoms with Gasteiger partial charge in [0, 0.05) is 32.0 Å². The topological polar surface area (TPSA) is 99.4 Å². The van der Waals surface area contributed by atoms with Gasteiger partial charge in [0.25, 0.3) is 0 Å². The van der Waals surface area contributed by atoms with Gasteiger partial charge in [0.05, 0.1) is 30.9 Å². The number of fused-ring (bicyclic) bond motifs is 4. The first kappa shape index (κ1) is 21.3. The van der Waals surface area contributed by atoms with E-state index in [1.165, 1.54) is 6.20 Å². The second-order valence-electron chi connectivity index (χ2n) is 7.77. The van der Waals surface area contributed by atoms with E-state index in [-0.39, 0.29) is 34.7 Å². The van der Waals surface area contributed by atoms with Crippen LogP contribution in [0.1, 0.15) is 49.4 Å². The molecule has 3 aromatic rings. The Hall–Kier alpha value is -3.56. The molecule has 5 rings (SSSR count). The van der Waals surface area contributed by atoms with Crippen molar-refractivity contribution in [3.8, 4) is 5.75 Å². The van der Waals surface area contributed by atoms with Gasteiger partial charge in [-0.15, -0.1) is 0 Å². The lowest BCUT2D eigenvalue weighted by atomic mass is 9.89. The lowest BCUT2D eigenvalue weighted by molar-refractivity contribution is 0.0323. The van der Waals surface area contributed by atoms with E-state index < -0.39 is 17.5 Å². The van der Waals surface area contributed by atoms with E-state index in [9.17, 15) is 14.4 Å². The van der Waals surface area contributed by atoms with Gasteiger partial charge in [0.15, 0.2) is 5.78 Å². The molecular formula is C24H23N3O6. The molecule has 1 saturated heterocycles. The molecule has 0 saturated carbocycles. The van der Waals surface area contributed by atoms with Crippen LogP contribution in [0.3, 0.4) is 0 Å². The predicted molar refractivity (Wildman–Crippen MR) is 117 cm³/mol. The lowest BCUT2D eigenvalue weighted by Gasteiger charge is -2.26. The van der Waals surface area contributed by atoms with Crippen LogP contribution in [0.25, 0.3) is 5.52 Å². The minimum Gasteiger partial charge on any atom is -0.490 e. The highest BCUT2D eigenvalue weighted by Crippen LogP contribution is 2.37. The highest BCUT2D eigenvalue weighted by atomic mass is 16.5. The Bertz CT molecular complexity index is 1260. The average Bonchev–Trinajstić information content (AvgIpc) is 3.20. The van der Waals surface area contributed by atoms with E-state index in [0.29, 0.717) is 37.6 Å². The average molecular weight is 449 g/mol. The number of ketones is 2. The first-order valence-electron chi connectivity index (χ1n) is 10.9. The summed E-state index contributed by atoms with van der Waals surface area (Å²) in [5.74, 6) is -1.12. The first-order valence-corrected chi connectivity index (χ1v) is 10.9. The van der Waals surface area contributed by atoms with Crippen LogP contribution in [0.15, 0.2) is 36.7 Å². The molecule has 2 aliphatic rings. The maximum atomic E-state index is 13.4. The number of carbonyl (C=O) groups is 3. The standard InChI is InChI=1S/C24H23N3O6/c1-2-32-24(30)18-17-21(23(29)19-15(22(17)28)5-3-7-25-19)27-8-4-6-16(20(18)27)33-14-11-26-9-12-31-13-10-26/h3-8H,2,9-14H2,1H3. The van der Waals surface area contributed by atoms with E-state index in [1.807, 2.05) is 0 Å². The van der Waals surface area contributed by atoms with Crippen molar-refractivity contribution in [2.24, 2.45) is 0 Å². The second kappa shape index (κ2) is 8.76. The van der Waals surface area contributed by atoms with Gasteiger partial charge in [-0.2, -0.15) is 0 Å². The Labute approximate surface area is 189 Å². The molecule has 1 aliphatic carbocycles. The van der Waals surface area contributed by atoms with Gasteiger partial charge in [-0.05, 0) is 31.2 Å². The number of aromatic nitrogens is 2. The van der Waals surface area contributed by atoms with Crippen molar-refractivity contribution >= 4 is 23.1 Å². The number of morpholine rings is 1. The minimum absolute atomic E-state index is 0.0307. The van der Waals surface area contributed by atoms with Gasteiger partial charge in [-0.25, -0.2) is 4.79 Å². The van der Waals surface area contributed by atoms with Crippen LogP contribution in [-0.4, -0.2) is 77.9 Å². The number of nitrogens with zero attached hydrogens (tertiary/aromatic N) is 3. The van der Waals surface area contributed by atoms with Crippen molar-refractivity contribution in [2.75, 3.05) is 46.1 Å². The molecule has 0 spiro atoms. The summed E-state index contributed by atoms with van der Waals surface area (Å²) in [5.41, 5.74) is 0.764. The van der Waals surface area contributed by atoms with E-state index in [4.69, 9.17) is 14.2 Å². The molecule has 33 heavy (non-hydrogen) atoms. The van der Waals surface area contributed by atoms with Crippen LogP contribution in [0.2, 0.25) is 0 Å². The van der Waals surface area contributed by atoms with Gasteiger partial charge in [-0.1, -0.05) is 0 Å². The SMILES string of the molecule is CCOC(=O)c1c2c(n3cccc(OCCN4CCOCC4)c13)C(=O)c1ncccc1C2=O. The zero-order valence-corrected chi connectivity index (χ0v) is 18.2. The molecule has 3 aromatic heterocycles. The second-order valence-corrected chi connectivity index (χ2v) is 7.77. The molecule has 0 radical (unpaired) electrons. The predicted octanol–water partition coefficient (Wildman–Crippen LogP) is 2.00. The van der Waals surface area contributed by atoms with Crippen molar-refractivity contribution in [1.29, 1.82) is 0 Å². The fraction of sp³-hybridized carbons (Fsp3) is 0.333. The van der Waals surface area contributed by atoms with Crippen LogP contribution in [-0.2, 0) is 9.47 Å². The molecule has 0 aromatic carbocycles. The van der Waals surface area contributed by atoms with Gasteiger partial charge in [-0.3, -0.25) is 19.5 Å². The third kappa shape index (κ3) is 3.59. The summed E-state index contributed by atoms with van der Waals surface area (Å²) in [6.45, 7) is 5.92. The quantitative estimate of drug-likeness (QED) is 0.412. The summed E-state index contributed by atoms with van der Waals surface area (Å²) in [7, 11) is 0. The van der Waals surface area contributed by atoms with E-state index >= 15 is 0 Å². The van der Waals surface area contributed by atoms with E-state index in [0.717, 1.165) is 13.1 Å². The molecule has 0 amide bonds. The molecule has 1 fully saturated rings. The van der Waals surface area contributed by atoms with Crippen LogP contribution in [0.5, 0.6) is 5.75 Å². The van der Waals surface area contributed by atoms with Crippen molar-refractivity contribution in [1.82, 2.24) is 14.3 Å². The van der Waals surface area contributed by atoms with Gasteiger partial charge >= 0.3 is 5.97 Å². The van der Waals surface area contributed by atoms with Crippen molar-refractivity contribution in [3.05, 3.63) is 64.7 Å². The lowest BCUT2D eigenvalue weighted by Crippen LogP contribution is -2.38. The molecule has 0 unspecified atom stereocenters. The third-order valence-electron chi connectivity index (χ3n) is 5.88. The molecule has 170 valence electrons. The number of hydrogen-bond acceptors (Lipinski definition) is 8. The molecular weight excluding hydrogens is 426 g/mol. The number of carbonyl (C=O) groups excluding carboxylic acids is 3. The highest BCUT2D eigenvalue weighted by molar-refractivity contribution is 6.31. The number of ether oxygens (including phenoxy) is 3. The van der Waals surface area contributed by atoms with Gasteiger partial charge in [0.2, 0.25) is 5.78 Å². The van der Waals surface area contributed by atoms with E-state index in [1.54, 1.807) is 41.8 Å². The van der Waals surface area contributed by atoms with Crippen molar-refractivity contribution in [3.63, 3.8) is 0 Å². The maximum Gasteiger partial charge on any atom is 0.341 e. The van der Waals surface area contributed by atoms with Crippen LogP contribution < -0.4 is 4.74 Å². The van der Waals surface area contributed by atoms with Crippen LogP contribution >= 0.6 is 0 Å². The minimum atomic E-state index is -0.672. The van der Waals surface area contributed by atoms with Crippen molar-refractivity contribution in [2.45, 2.75) is 6.92 Å². The Morgan fingerprint density at radius 2 is 1.97 bits per heavy atom. The van der Waals surface area contributed by atoms with Crippen molar-refractivity contribution < 1.29 is 28.6 Å². The number of hydrogen-bond donors (Lipinski definition) is 0. The Kier molecular flexibility index (Phi) is 5.65. The third-order valence-corrected chi connectivity index (χ3v) is 5.88. The first-order chi connectivity index (χ1) is 16.1. The van der Waals surface area contributed by atoms with Gasteiger partial charge < -0.3 is 18.6 Å². The summed E-state index contributed by atoms with van der Waals surface area (Å²) in [5, 5.41) is 0. The number of esters is 1. The zero-order valence-electron chi connectivity index (χ0n) is 18.2. The summed E-state index contributed by atoms with van der Waals surface area (Å²) in [6, 6.07) is 6.58. The smallest absolute Gasteiger partial charge is 0.341 e. The fourth-order valence-electron chi connectivity index (χ4n) is 4.36. The summed E-state index contributed by atoms with van der Waals surface area (Å²) < 4.78 is 18.3. The monoisotopic (exact) mass is 449 g/mol. The molecule has 9 heteroatoms. The Morgan fingerprint density at radius 3 is 2.76 bits per heavy atom. The fourth-order valence-corrected chi connectivity index (χ4v) is 4.36. The molecule has 0 atom stereocenters. The number of pyridine rings is 2. The summed E-state index contributed by atoms with van der Waals surface area (Å²) >= 11 is 0. The Morgan fingerprint density at radius 1 is 1.15 bits per heavy atom. The van der Waals surface area contributed by atoms with E-state index in [2.05, 4.69) is 9.88 Å². The molecule has 9 nitrogen and oxygen atoms in total. The molecule has 0 N–H and O–H groups in total. The van der Waals surface area contributed by atoms with Gasteiger partial charge in [0.1, 0.15) is 34.8 Å². The highest BCUT2D eigenvalue weighted by Gasteiger charge is 2.40.